The molecule has 14 atom stereocenters. The molecule has 5 N–H and O–H groups in total. The number of methoxy groups -OCH3 is 1. The molecule has 0 spiro atoms. The van der Waals surface area contributed by atoms with E-state index in [0.29, 0.717) is 32.1 Å². The zero-order valence-electron chi connectivity index (χ0n) is 29.7. The predicted octanol–water partition coefficient (Wildman–Crippen LogP) is 5.37. The summed E-state index contributed by atoms with van der Waals surface area (Å²) in [6, 6.07) is 6.64. The number of benzene rings is 1. The normalized spacial score (nSPS) is 40.8. The van der Waals surface area contributed by atoms with Gasteiger partial charge in [-0.25, -0.2) is 4.79 Å². The first kappa shape index (κ1) is 38.5. The Morgan fingerprint density at radius 3 is 2.10 bits per heavy atom. The van der Waals surface area contributed by atoms with Crippen LogP contribution in [0.25, 0.3) is 0 Å². The number of alkyl halides is 3. The van der Waals surface area contributed by atoms with Gasteiger partial charge in [-0.15, -0.1) is 0 Å². The zero-order chi connectivity index (χ0) is 36.3. The number of rotatable bonds is 10. The molecule has 0 heterocycles. The van der Waals surface area contributed by atoms with Gasteiger partial charge in [0, 0.05) is 18.6 Å². The Morgan fingerprint density at radius 2 is 1.53 bits per heavy atom. The van der Waals surface area contributed by atoms with Gasteiger partial charge in [0.25, 0.3) is 5.60 Å². The van der Waals surface area contributed by atoms with Crippen LogP contribution in [0.5, 0.6) is 0 Å². The molecule has 11 heteroatoms. The number of hydrogen-bond acceptors (Lipinski definition) is 8. The average molecular weight is 699 g/mol. The Morgan fingerprint density at radius 1 is 0.918 bits per heavy atom. The fourth-order valence-electron chi connectivity index (χ4n) is 11.5. The topological polar surface area (TPSA) is 137 Å². The molecule has 1 aromatic carbocycles. The molecule has 8 nitrogen and oxygen atoms in total. The largest absolute Gasteiger partial charge is 0.454 e. The van der Waals surface area contributed by atoms with E-state index in [1.54, 1.807) is 13.8 Å². The lowest BCUT2D eigenvalue weighted by molar-refractivity contribution is -0.284. The van der Waals surface area contributed by atoms with Gasteiger partial charge in [0.15, 0.2) is 0 Å². The van der Waals surface area contributed by atoms with Gasteiger partial charge in [-0.05, 0) is 97.7 Å². The summed E-state index contributed by atoms with van der Waals surface area (Å²) in [4.78, 5) is 13.7. The molecule has 4 aliphatic rings. The number of halogens is 3. The van der Waals surface area contributed by atoms with Crippen molar-refractivity contribution in [2.45, 2.75) is 128 Å². The van der Waals surface area contributed by atoms with Gasteiger partial charge in [0.2, 0.25) is 0 Å². The minimum atomic E-state index is -5.15. The molecule has 49 heavy (non-hydrogen) atoms. The fourth-order valence-corrected chi connectivity index (χ4v) is 11.5. The van der Waals surface area contributed by atoms with Crippen LogP contribution in [0.3, 0.4) is 0 Å². The fraction of sp³-hybridized carbons (Fsp3) is 0.816. The first-order chi connectivity index (χ1) is 22.8. The second-order valence-electron chi connectivity index (χ2n) is 16.7. The zero-order valence-corrected chi connectivity index (χ0v) is 29.7. The third-order valence-electron chi connectivity index (χ3n) is 14.3. The summed E-state index contributed by atoms with van der Waals surface area (Å²) in [5, 5.41) is 55.1. The molecule has 0 aliphatic heterocycles. The van der Waals surface area contributed by atoms with E-state index in [-0.39, 0.29) is 46.8 Å². The highest BCUT2D eigenvalue weighted by Gasteiger charge is 2.67. The quantitative estimate of drug-likeness (QED) is 0.206. The van der Waals surface area contributed by atoms with Crippen molar-refractivity contribution in [3.63, 3.8) is 0 Å². The third-order valence-corrected chi connectivity index (χ3v) is 14.3. The number of carbonyl (C=O) groups excluding carboxylic acids is 1. The molecule has 0 amide bonds. The van der Waals surface area contributed by atoms with Crippen molar-refractivity contribution in [3.05, 3.63) is 35.9 Å². The minimum absolute atomic E-state index is 0.0306. The van der Waals surface area contributed by atoms with Crippen LogP contribution < -0.4 is 0 Å². The first-order valence-corrected chi connectivity index (χ1v) is 18.1. The summed E-state index contributed by atoms with van der Waals surface area (Å²) in [6.07, 6.45) is -3.97. The van der Waals surface area contributed by atoms with E-state index in [0.717, 1.165) is 20.0 Å². The lowest BCUT2D eigenvalue weighted by Gasteiger charge is -2.63. The number of ether oxygens (including phenoxy) is 2. The molecule has 1 aromatic rings. The molecule has 0 aromatic heterocycles. The minimum Gasteiger partial charge on any atom is -0.454 e. The van der Waals surface area contributed by atoms with Crippen LogP contribution in [-0.2, 0) is 19.9 Å². The van der Waals surface area contributed by atoms with Crippen molar-refractivity contribution < 1.29 is 53.0 Å². The number of carbonyl (C=O) groups is 1. The lowest BCUT2D eigenvalue weighted by Crippen LogP contribution is -2.63. The van der Waals surface area contributed by atoms with Crippen molar-refractivity contribution >= 4 is 5.97 Å². The Kier molecular flexibility index (Phi) is 10.7. The molecule has 4 saturated carbocycles. The second kappa shape index (κ2) is 13.7. The highest BCUT2D eigenvalue weighted by Crippen LogP contribution is 2.68. The maximum Gasteiger partial charge on any atom is 0.432 e. The van der Waals surface area contributed by atoms with Crippen molar-refractivity contribution in [3.8, 4) is 0 Å². The standard InChI is InChI=1S/C38H57F3O8/c1-21(2)36(20-42,49-33(47)37(48-6,38(39,40)41)23-10-8-7-9-11-23)17-12-22(3)26-19-29(45)30-24-18-28(44)31-32(46)27(43)14-16-34(31,4)25(24)13-15-35(26,30)5/h7-11,21-22,24-32,42-46H,12-20H2,1-6H3/t22-,24-,25+,26-,27+,28+,29-,30?,31?,32+,34-,35-,36-,37+/m1/s1. The number of hydrogen-bond donors (Lipinski definition) is 5. The summed E-state index contributed by atoms with van der Waals surface area (Å²) in [5.74, 6) is -2.41. The van der Waals surface area contributed by atoms with Crippen molar-refractivity contribution in [2.24, 2.45) is 52.3 Å². The number of fused-ring (bicyclic) bond motifs is 5. The number of aliphatic hydroxyl groups excluding tert-OH is 5. The Labute approximate surface area is 288 Å². The van der Waals surface area contributed by atoms with Crippen LogP contribution in [0.4, 0.5) is 13.2 Å². The van der Waals surface area contributed by atoms with E-state index in [9.17, 15) is 43.5 Å². The molecule has 4 fully saturated rings. The van der Waals surface area contributed by atoms with Gasteiger partial charge in [-0.2, -0.15) is 13.2 Å². The lowest BCUT2D eigenvalue weighted by atomic mass is 9.43. The maximum atomic E-state index is 14.7. The van der Waals surface area contributed by atoms with Crippen molar-refractivity contribution in [2.75, 3.05) is 13.7 Å². The van der Waals surface area contributed by atoms with E-state index in [2.05, 4.69) is 20.8 Å². The molecule has 5 rings (SSSR count). The van der Waals surface area contributed by atoms with Gasteiger partial charge in [-0.1, -0.05) is 65.0 Å². The van der Waals surface area contributed by atoms with E-state index >= 15 is 0 Å². The van der Waals surface area contributed by atoms with Crippen LogP contribution in [0, 0.1) is 52.3 Å². The van der Waals surface area contributed by atoms with E-state index in [1.165, 1.54) is 30.3 Å². The molecule has 0 saturated heterocycles. The summed E-state index contributed by atoms with van der Waals surface area (Å²) < 4.78 is 54.8. The smallest absolute Gasteiger partial charge is 0.432 e. The summed E-state index contributed by atoms with van der Waals surface area (Å²) in [6.45, 7) is 9.15. The Bertz CT molecular complexity index is 1310. The van der Waals surface area contributed by atoms with Crippen LogP contribution in [0.2, 0.25) is 0 Å². The van der Waals surface area contributed by atoms with Crippen LogP contribution in [0.1, 0.15) is 91.5 Å². The van der Waals surface area contributed by atoms with Crippen LogP contribution in [0.15, 0.2) is 30.3 Å². The SMILES string of the molecule is CO[C@](C(=O)O[C@@](CO)(CC[C@@H](C)[C@H]1C[C@@H](O)C2[C@@H]3C[C@H](O)C4[C@@H](O)[C@@H](O)CC[C@]4(C)[C@H]3CC[C@@]21C)C(C)C)(c1ccccc1)C(F)(F)F. The third kappa shape index (κ3) is 6.06. The molecular formula is C38H57F3O8. The molecule has 0 radical (unpaired) electrons. The van der Waals surface area contributed by atoms with Gasteiger partial charge in [0.1, 0.15) is 5.60 Å². The average Bonchev–Trinajstić information content (AvgIpc) is 3.31. The van der Waals surface area contributed by atoms with Crippen LogP contribution in [-0.4, -0.2) is 81.4 Å². The van der Waals surface area contributed by atoms with E-state index in [4.69, 9.17) is 9.47 Å². The Hall–Kier alpha value is -1.76. The number of aliphatic hydroxyl groups is 5. The molecule has 0 bridgehead atoms. The highest BCUT2D eigenvalue weighted by atomic mass is 19.4. The van der Waals surface area contributed by atoms with Gasteiger partial charge < -0.3 is 35.0 Å². The number of esters is 1. The predicted molar refractivity (Wildman–Crippen MR) is 176 cm³/mol. The van der Waals surface area contributed by atoms with E-state index in [1.807, 2.05) is 0 Å². The van der Waals surface area contributed by atoms with Crippen LogP contribution >= 0.6 is 0 Å². The van der Waals surface area contributed by atoms with E-state index < -0.39 is 71.8 Å². The summed E-state index contributed by atoms with van der Waals surface area (Å²) in [7, 11) is 0.822. The molecule has 278 valence electrons. The summed E-state index contributed by atoms with van der Waals surface area (Å²) >= 11 is 0. The summed E-state index contributed by atoms with van der Waals surface area (Å²) in [5.41, 5.74) is -6.05. The first-order valence-electron chi connectivity index (χ1n) is 18.1. The van der Waals surface area contributed by atoms with Gasteiger partial charge in [-0.3, -0.25) is 0 Å². The highest BCUT2D eigenvalue weighted by molar-refractivity contribution is 5.83. The maximum absolute atomic E-state index is 14.7. The van der Waals surface area contributed by atoms with Crippen molar-refractivity contribution in [1.82, 2.24) is 0 Å². The van der Waals surface area contributed by atoms with Gasteiger partial charge in [0.05, 0.1) is 31.0 Å². The Balaban J connectivity index is 1.36. The van der Waals surface area contributed by atoms with Crippen molar-refractivity contribution in [1.29, 1.82) is 0 Å². The van der Waals surface area contributed by atoms with Gasteiger partial charge >= 0.3 is 12.1 Å². The molecule has 2 unspecified atom stereocenters. The second-order valence-corrected chi connectivity index (χ2v) is 16.7. The molecule has 4 aliphatic carbocycles. The molecular weight excluding hydrogens is 641 g/mol. The monoisotopic (exact) mass is 698 g/mol.